The number of nitrogens with two attached hydrogens (primary N) is 6. The largest absolute Gasteiger partial charge is 0.396 e. The van der Waals surface area contributed by atoms with Crippen LogP contribution in [0.1, 0.15) is 25.7 Å². The number of hydrogen-bond acceptors (Lipinski definition) is 36. The van der Waals surface area contributed by atoms with E-state index in [0.29, 0.717) is 171 Å². The number of methoxy groups -OCH3 is 5. The highest BCUT2D eigenvalue weighted by molar-refractivity contribution is 7.89. The molecule has 0 aliphatic carbocycles. The third-order valence-corrected chi connectivity index (χ3v) is 36.9. The second-order valence-electron chi connectivity index (χ2n) is 31.8. The van der Waals surface area contributed by atoms with Gasteiger partial charge in [-0.15, -0.1) is 56.7 Å². The predicted molar refractivity (Wildman–Crippen MR) is 591 cm³/mol. The SMILES string of the molecule is COCCCS(=O)c1sc2nc(-c3cccnc3)nc(-c3ccccc3)c2c1N.COCCC[S@@](=O)c1sc2nc(-c3cccnc3)nc(-c3ccccc3)c2c1N.COCCC[S@](=O)c1sc2nc(-c3cccnc3)nc(-c3ccccc3)c2c1N.COCCC[S@](=O)c1sc2nc(-c3cnc(N)nc3)cc(-c3ccccc3)c2c1N.COCCS(=O)c1sc2nc(-c3cccnc3)nc(-c3ccccc3)c2c1N. The van der Waals surface area contributed by atoms with Gasteiger partial charge >= 0.3 is 0 Å². The van der Waals surface area contributed by atoms with Gasteiger partial charge in [0.15, 0.2) is 23.3 Å². The number of anilines is 6. The molecule has 0 spiro atoms. The van der Waals surface area contributed by atoms with Crippen LogP contribution in [-0.4, -0.2) is 193 Å². The van der Waals surface area contributed by atoms with Gasteiger partial charge in [-0.2, -0.15) is 0 Å². The molecule has 740 valence electrons. The van der Waals surface area contributed by atoms with Gasteiger partial charge in [-0.3, -0.25) is 41.0 Å². The van der Waals surface area contributed by atoms with Gasteiger partial charge < -0.3 is 58.1 Å². The fourth-order valence-corrected chi connectivity index (χ4v) is 28.1. The minimum atomic E-state index is -1.25. The van der Waals surface area contributed by atoms with Gasteiger partial charge in [-0.05, 0) is 91.4 Å². The number of nitrogens with zero attached hydrogens (tertiary/aromatic N) is 15. The molecule has 0 aliphatic heterocycles. The summed E-state index contributed by atoms with van der Waals surface area (Å²) in [6, 6.07) is 66.3. The first-order valence-corrected chi connectivity index (χ1v) is 56.0. The van der Waals surface area contributed by atoms with Crippen LogP contribution in [0.15, 0.2) is 289 Å². The van der Waals surface area contributed by atoms with Crippen molar-refractivity contribution in [1.29, 1.82) is 0 Å². The van der Waals surface area contributed by atoms with Crippen molar-refractivity contribution < 1.29 is 44.7 Å². The topological polar surface area (TPSA) is 481 Å². The molecule has 15 heterocycles. The van der Waals surface area contributed by atoms with Crippen molar-refractivity contribution in [1.82, 2.24) is 74.8 Å². The third-order valence-electron chi connectivity index (χ3n) is 22.0. The van der Waals surface area contributed by atoms with Crippen molar-refractivity contribution in [2.24, 2.45) is 0 Å². The summed E-state index contributed by atoms with van der Waals surface area (Å²) in [6.45, 7) is 2.66. The first-order chi connectivity index (χ1) is 70.8. The molecule has 0 saturated carbocycles. The molecule has 5 aromatic carbocycles. The Labute approximate surface area is 868 Å². The standard InChI is InChI=1S/C21H21N5O2S2.3C21H20N4O2S2.C20H18N4O2S2/c1-28-8-5-9-30(27)20-18(22)17-15(13-6-3-2-4-7-13)10-16(26-19(17)29-20)14-11-24-21(23)25-12-14;3*1-27-11-6-12-29(26)21-17(22)16-18(14-7-3-2-4-8-14)24-19(25-20(16)28-21)15-9-5-10-23-13-15;1-26-10-11-28(25)20-16(21)15-17(13-6-3-2-4-7-13)23-18(24-19(15)27-20)14-8-5-9-22-12-14/h2-4,6-7,10-12H,5,8-9,22H2,1H3,(H2,23,24,25);3*2-5,7-10,13H,6,11-12,22H2,1H3;2-9,12H,10-11,21H2,1H3/t30-;2*29-;;/m010../s1. The van der Waals surface area contributed by atoms with E-state index in [2.05, 4.69) is 29.9 Å². The minimum absolute atomic E-state index is 0.206. The van der Waals surface area contributed by atoms with Gasteiger partial charge in [-0.1, -0.05) is 152 Å². The van der Waals surface area contributed by atoms with E-state index in [9.17, 15) is 21.0 Å². The molecular weight excluding hydrogens is 2020 g/mol. The van der Waals surface area contributed by atoms with Crippen LogP contribution in [0, 0.1) is 0 Å². The lowest BCUT2D eigenvalue weighted by Crippen LogP contribution is -2.04. The summed E-state index contributed by atoms with van der Waals surface area (Å²) in [4.78, 5) is 71.3. The Morgan fingerprint density at radius 1 is 0.255 bits per heavy atom. The monoisotopic (exact) mass is 2120 g/mol. The lowest BCUT2D eigenvalue weighted by atomic mass is 10.0. The molecule has 41 heteroatoms. The molecule has 0 amide bonds. The highest BCUT2D eigenvalue weighted by Crippen LogP contribution is 2.48. The lowest BCUT2D eigenvalue weighted by molar-refractivity contribution is 0.200. The molecule has 2 unspecified atom stereocenters. The van der Waals surface area contributed by atoms with Gasteiger partial charge in [0, 0.05) is 202 Å². The van der Waals surface area contributed by atoms with Gasteiger partial charge in [0.25, 0.3) is 0 Å². The Balaban J connectivity index is 0.000000130. The summed E-state index contributed by atoms with van der Waals surface area (Å²) in [5.74, 6) is 4.85. The van der Waals surface area contributed by atoms with E-state index < -0.39 is 54.0 Å². The number of rotatable bonds is 34. The number of ether oxygens (including phenoxy) is 5. The van der Waals surface area contributed by atoms with Crippen molar-refractivity contribution in [2.45, 2.75) is 46.7 Å². The molecule has 31 nitrogen and oxygen atoms in total. The van der Waals surface area contributed by atoms with Gasteiger partial charge in [0.1, 0.15) is 45.2 Å². The average Bonchev–Trinajstić information content (AvgIpc) is 1.64. The van der Waals surface area contributed by atoms with Crippen LogP contribution in [-0.2, 0) is 77.7 Å². The number of pyridine rings is 5. The number of thiophene rings is 5. The Bertz CT molecular complexity index is 7490. The highest BCUT2D eigenvalue weighted by Gasteiger charge is 2.29. The van der Waals surface area contributed by atoms with Crippen molar-refractivity contribution in [3.8, 4) is 113 Å². The predicted octanol–water partition coefficient (Wildman–Crippen LogP) is 19.9. The molecule has 15 aromatic heterocycles. The van der Waals surface area contributed by atoms with Crippen LogP contribution in [0.5, 0.6) is 0 Å². The van der Waals surface area contributed by atoms with E-state index in [0.717, 1.165) is 130 Å². The average molecular weight is 2120 g/mol. The smallest absolute Gasteiger partial charge is 0.219 e. The molecule has 0 fully saturated rings. The van der Waals surface area contributed by atoms with Crippen molar-refractivity contribution in [3.63, 3.8) is 0 Å². The zero-order valence-corrected chi connectivity index (χ0v) is 87.3. The Morgan fingerprint density at radius 2 is 0.497 bits per heavy atom. The number of aromatic nitrogens is 15. The van der Waals surface area contributed by atoms with Crippen molar-refractivity contribution >= 4 is 196 Å². The lowest BCUT2D eigenvalue weighted by Gasteiger charge is -2.08. The zero-order chi connectivity index (χ0) is 101. The van der Waals surface area contributed by atoms with E-state index in [1.165, 1.54) is 56.7 Å². The van der Waals surface area contributed by atoms with Crippen LogP contribution < -0.4 is 34.4 Å². The van der Waals surface area contributed by atoms with E-state index >= 15 is 0 Å². The maximum atomic E-state index is 12.9. The summed E-state index contributed by atoms with van der Waals surface area (Å²) in [5, 5.41) is 3.82. The second kappa shape index (κ2) is 50.8. The first-order valence-electron chi connectivity index (χ1n) is 45.3. The highest BCUT2D eigenvalue weighted by atomic mass is 32.2. The van der Waals surface area contributed by atoms with Crippen LogP contribution in [0.3, 0.4) is 0 Å². The molecule has 0 radical (unpaired) electrons. The summed E-state index contributed by atoms with van der Waals surface area (Å²) >= 11 is 6.83. The molecule has 145 heavy (non-hydrogen) atoms. The fourth-order valence-electron chi connectivity index (χ4n) is 15.1. The molecule has 0 aliphatic rings. The van der Waals surface area contributed by atoms with E-state index in [-0.39, 0.29) is 5.95 Å². The molecule has 5 atom stereocenters. The van der Waals surface area contributed by atoms with Gasteiger partial charge in [-0.25, -0.2) is 54.8 Å². The second-order valence-corrected chi connectivity index (χ2v) is 45.6. The third kappa shape index (κ3) is 25.1. The van der Waals surface area contributed by atoms with Crippen LogP contribution in [0.4, 0.5) is 34.4 Å². The number of hydrogen-bond donors (Lipinski definition) is 6. The molecule has 0 saturated heterocycles. The van der Waals surface area contributed by atoms with Crippen LogP contribution in [0.25, 0.3) is 164 Å². The maximum Gasteiger partial charge on any atom is 0.219 e. The summed E-state index contributed by atoms with van der Waals surface area (Å²) in [6.07, 6.45) is 19.9. The summed E-state index contributed by atoms with van der Waals surface area (Å²) in [5.41, 5.74) is 53.8. The number of nitrogen functional groups attached to an aromatic ring is 6. The molecular formula is C104H99N21O10S10. The Kier molecular flexibility index (Phi) is 36.5. The Morgan fingerprint density at radius 3 is 0.752 bits per heavy atom. The van der Waals surface area contributed by atoms with Gasteiger partial charge in [0.2, 0.25) is 5.95 Å². The van der Waals surface area contributed by atoms with Gasteiger partial charge in [0.05, 0.1) is 145 Å². The summed E-state index contributed by atoms with van der Waals surface area (Å²) in [7, 11) is 2.03. The molecule has 20 aromatic rings. The molecule has 20 rings (SSSR count). The fraction of sp³-hybridized carbons (Fsp3) is 0.183. The minimum Gasteiger partial charge on any atom is -0.396 e. The van der Waals surface area contributed by atoms with Crippen molar-refractivity contribution in [2.75, 3.05) is 132 Å². The van der Waals surface area contributed by atoms with Crippen LogP contribution in [0.2, 0.25) is 0 Å². The summed E-state index contributed by atoms with van der Waals surface area (Å²) < 4.78 is 92.6. The number of fused-ring (bicyclic) bond motifs is 5. The van der Waals surface area contributed by atoms with E-state index in [1.54, 1.807) is 97.5 Å². The number of benzene rings is 5. The molecule has 12 N–H and O–H groups in total. The van der Waals surface area contributed by atoms with Crippen molar-refractivity contribution in [3.05, 3.63) is 268 Å². The maximum absolute atomic E-state index is 12.9. The zero-order valence-electron chi connectivity index (χ0n) is 79.1. The molecule has 0 bridgehead atoms. The van der Waals surface area contributed by atoms with E-state index in [1.807, 2.05) is 206 Å². The van der Waals surface area contributed by atoms with Crippen LogP contribution >= 0.6 is 56.7 Å². The quantitative estimate of drug-likeness (QED) is 0.0204. The Hall–Kier alpha value is -13.6. The normalized spacial score (nSPS) is 12.3. The first kappa shape index (κ1) is 104. The van der Waals surface area contributed by atoms with E-state index in [4.69, 9.17) is 103 Å².